The van der Waals surface area contributed by atoms with Crippen LogP contribution in [0.3, 0.4) is 0 Å². The molecule has 2 aromatic carbocycles. The average Bonchev–Trinajstić information content (AvgIpc) is 3.11. The molecule has 0 aromatic heterocycles. The molecule has 2 aromatic rings. The van der Waals surface area contributed by atoms with Crippen molar-refractivity contribution >= 4 is 52.4 Å². The van der Waals surface area contributed by atoms with Crippen LogP contribution >= 0.6 is 23.2 Å². The number of nitrogens with one attached hydrogen (secondary N) is 1. The molecule has 1 aliphatic heterocycles. The van der Waals surface area contributed by atoms with Crippen LogP contribution in [-0.2, 0) is 19.1 Å². The minimum Gasteiger partial charge on any atom is -0.492 e. The second-order valence-electron chi connectivity index (χ2n) is 6.59. The molecule has 30 heavy (non-hydrogen) atoms. The quantitative estimate of drug-likeness (QED) is 0.645. The van der Waals surface area contributed by atoms with E-state index in [1.807, 2.05) is 13.0 Å². The molecule has 158 valence electrons. The summed E-state index contributed by atoms with van der Waals surface area (Å²) >= 11 is 11.7. The fourth-order valence-corrected chi connectivity index (χ4v) is 3.38. The van der Waals surface area contributed by atoms with Crippen LogP contribution in [0.1, 0.15) is 13.3 Å². The van der Waals surface area contributed by atoms with Crippen LogP contribution in [0.4, 0.5) is 11.4 Å². The number of carbonyl (C=O) groups excluding carboxylic acids is 3. The highest BCUT2D eigenvalue weighted by molar-refractivity contribution is 6.42. The van der Waals surface area contributed by atoms with Gasteiger partial charge in [-0.05, 0) is 37.3 Å². The molecule has 1 N–H and O–H groups in total. The summed E-state index contributed by atoms with van der Waals surface area (Å²) in [5.74, 6) is -1.42. The number of rotatable bonds is 7. The first kappa shape index (κ1) is 21.9. The summed E-state index contributed by atoms with van der Waals surface area (Å²) < 4.78 is 10.7. The molecule has 2 amide bonds. The number of halogens is 2. The molecule has 9 heteroatoms. The van der Waals surface area contributed by atoms with Crippen LogP contribution in [-0.4, -0.2) is 37.5 Å². The third-order valence-corrected chi connectivity index (χ3v) is 5.20. The van der Waals surface area contributed by atoms with Crippen molar-refractivity contribution in [2.75, 3.05) is 30.0 Å². The molecular formula is C21H20Cl2N2O5. The number of ether oxygens (including phenoxy) is 2. The SMILES string of the molecule is CCOc1ccccc1N1C[C@@H](C(=O)OCC(=O)Nc2ccc(Cl)c(Cl)c2)CC1=O. The van der Waals surface area contributed by atoms with Gasteiger partial charge in [-0.25, -0.2) is 0 Å². The van der Waals surface area contributed by atoms with Crippen LogP contribution < -0.4 is 15.0 Å². The van der Waals surface area contributed by atoms with E-state index in [0.29, 0.717) is 33.8 Å². The molecular weight excluding hydrogens is 431 g/mol. The molecule has 0 bridgehead atoms. The van der Waals surface area contributed by atoms with Crippen molar-refractivity contribution in [3.63, 3.8) is 0 Å². The zero-order chi connectivity index (χ0) is 21.7. The van der Waals surface area contributed by atoms with Gasteiger partial charge in [0.1, 0.15) is 5.75 Å². The molecule has 0 radical (unpaired) electrons. The van der Waals surface area contributed by atoms with Gasteiger partial charge in [-0.2, -0.15) is 0 Å². The molecule has 0 aliphatic carbocycles. The van der Waals surface area contributed by atoms with Crippen LogP contribution in [0.15, 0.2) is 42.5 Å². The number of para-hydroxylation sites is 2. The Morgan fingerprint density at radius 1 is 1.17 bits per heavy atom. The van der Waals surface area contributed by atoms with Gasteiger partial charge in [0.2, 0.25) is 5.91 Å². The largest absolute Gasteiger partial charge is 0.492 e. The van der Waals surface area contributed by atoms with Gasteiger partial charge in [-0.3, -0.25) is 14.4 Å². The molecule has 0 unspecified atom stereocenters. The van der Waals surface area contributed by atoms with E-state index in [1.54, 1.807) is 30.3 Å². The predicted molar refractivity (Wildman–Crippen MR) is 114 cm³/mol. The normalized spacial score (nSPS) is 15.8. The molecule has 7 nitrogen and oxygen atoms in total. The van der Waals surface area contributed by atoms with Crippen molar-refractivity contribution in [2.45, 2.75) is 13.3 Å². The van der Waals surface area contributed by atoms with Gasteiger partial charge in [0.05, 0.1) is 28.3 Å². The van der Waals surface area contributed by atoms with E-state index in [9.17, 15) is 14.4 Å². The van der Waals surface area contributed by atoms with Crippen molar-refractivity contribution in [2.24, 2.45) is 5.92 Å². The lowest BCUT2D eigenvalue weighted by Crippen LogP contribution is -2.28. The van der Waals surface area contributed by atoms with Gasteiger partial charge in [-0.15, -0.1) is 0 Å². The number of nitrogens with zero attached hydrogens (tertiary/aromatic N) is 1. The average molecular weight is 451 g/mol. The summed E-state index contributed by atoms with van der Waals surface area (Å²) in [5, 5.41) is 3.23. The Morgan fingerprint density at radius 2 is 1.93 bits per heavy atom. The molecule has 0 spiro atoms. The molecule has 1 aliphatic rings. The van der Waals surface area contributed by atoms with Crippen LogP contribution in [0, 0.1) is 5.92 Å². The fourth-order valence-electron chi connectivity index (χ4n) is 3.08. The first-order valence-electron chi connectivity index (χ1n) is 9.32. The zero-order valence-corrected chi connectivity index (χ0v) is 17.7. The van der Waals surface area contributed by atoms with Crippen LogP contribution in [0.2, 0.25) is 10.0 Å². The van der Waals surface area contributed by atoms with Gasteiger partial charge in [0.15, 0.2) is 6.61 Å². The molecule has 1 atom stereocenters. The van der Waals surface area contributed by atoms with Crippen LogP contribution in [0.5, 0.6) is 5.75 Å². The second kappa shape index (κ2) is 9.82. The van der Waals surface area contributed by atoms with Gasteiger partial charge in [0, 0.05) is 18.7 Å². The van der Waals surface area contributed by atoms with E-state index in [2.05, 4.69) is 5.32 Å². The number of hydrogen-bond acceptors (Lipinski definition) is 5. The van der Waals surface area contributed by atoms with Crippen LogP contribution in [0.25, 0.3) is 0 Å². The van der Waals surface area contributed by atoms with Crippen molar-refractivity contribution in [1.82, 2.24) is 0 Å². The predicted octanol–water partition coefficient (Wildman–Crippen LogP) is 3.93. The Labute approximate surface area is 183 Å². The maximum absolute atomic E-state index is 12.4. The van der Waals surface area contributed by atoms with Gasteiger partial charge >= 0.3 is 5.97 Å². The molecule has 1 fully saturated rings. The number of amides is 2. The Bertz CT molecular complexity index is 966. The summed E-state index contributed by atoms with van der Waals surface area (Å²) in [4.78, 5) is 38.4. The third kappa shape index (κ3) is 5.23. The van der Waals surface area contributed by atoms with Gasteiger partial charge < -0.3 is 19.7 Å². The highest BCUT2D eigenvalue weighted by Crippen LogP contribution is 2.33. The Morgan fingerprint density at radius 3 is 2.67 bits per heavy atom. The highest BCUT2D eigenvalue weighted by atomic mass is 35.5. The summed E-state index contributed by atoms with van der Waals surface area (Å²) in [6.45, 7) is 2.00. The summed E-state index contributed by atoms with van der Waals surface area (Å²) in [7, 11) is 0. The zero-order valence-electron chi connectivity index (χ0n) is 16.2. The topological polar surface area (TPSA) is 84.9 Å². The van der Waals surface area contributed by atoms with E-state index in [4.69, 9.17) is 32.7 Å². The van der Waals surface area contributed by atoms with E-state index >= 15 is 0 Å². The van der Waals surface area contributed by atoms with E-state index in [0.717, 1.165) is 0 Å². The van der Waals surface area contributed by atoms with Crippen molar-refractivity contribution in [1.29, 1.82) is 0 Å². The first-order valence-corrected chi connectivity index (χ1v) is 10.1. The highest BCUT2D eigenvalue weighted by Gasteiger charge is 2.37. The lowest BCUT2D eigenvalue weighted by Gasteiger charge is -2.19. The van der Waals surface area contributed by atoms with E-state index in [1.165, 1.54) is 11.0 Å². The van der Waals surface area contributed by atoms with Gasteiger partial charge in [0.25, 0.3) is 5.91 Å². The van der Waals surface area contributed by atoms with E-state index in [-0.39, 0.29) is 18.9 Å². The number of esters is 1. The number of anilines is 2. The summed E-state index contributed by atoms with van der Waals surface area (Å²) in [6, 6.07) is 11.8. The summed E-state index contributed by atoms with van der Waals surface area (Å²) in [5.41, 5.74) is 1.04. The third-order valence-electron chi connectivity index (χ3n) is 4.46. The maximum Gasteiger partial charge on any atom is 0.311 e. The number of hydrogen-bond donors (Lipinski definition) is 1. The maximum atomic E-state index is 12.4. The minimum absolute atomic E-state index is 0.00764. The standard InChI is InChI=1S/C21H20Cl2N2O5/c1-2-29-18-6-4-3-5-17(18)25-11-13(9-20(25)27)21(28)30-12-19(26)24-14-7-8-15(22)16(23)10-14/h3-8,10,13H,2,9,11-12H2,1H3,(H,24,26)/t13-/m0/s1. The lowest BCUT2D eigenvalue weighted by atomic mass is 10.1. The Hall–Kier alpha value is -2.77. The number of carbonyl (C=O) groups is 3. The molecule has 3 rings (SSSR count). The number of benzene rings is 2. The summed E-state index contributed by atoms with van der Waals surface area (Å²) in [6.07, 6.45) is 0.00764. The molecule has 1 saturated heterocycles. The van der Waals surface area contributed by atoms with Crippen molar-refractivity contribution in [3.8, 4) is 5.75 Å². The first-order chi connectivity index (χ1) is 14.4. The van der Waals surface area contributed by atoms with Crippen molar-refractivity contribution in [3.05, 3.63) is 52.5 Å². The van der Waals surface area contributed by atoms with E-state index < -0.39 is 24.4 Å². The minimum atomic E-state index is -0.662. The Balaban J connectivity index is 1.56. The fraction of sp³-hybridized carbons (Fsp3) is 0.286. The van der Waals surface area contributed by atoms with Gasteiger partial charge in [-0.1, -0.05) is 35.3 Å². The lowest BCUT2D eigenvalue weighted by molar-refractivity contribution is -0.151. The second-order valence-corrected chi connectivity index (χ2v) is 7.41. The molecule has 1 heterocycles. The molecule has 0 saturated carbocycles. The Kier molecular flexibility index (Phi) is 7.18. The monoisotopic (exact) mass is 450 g/mol. The smallest absolute Gasteiger partial charge is 0.311 e. The van der Waals surface area contributed by atoms with Crippen molar-refractivity contribution < 1.29 is 23.9 Å².